The van der Waals surface area contributed by atoms with Crippen LogP contribution in [-0.4, -0.2) is 385 Å². The molecule has 20 unspecified atom stereocenters. The average molecular weight is 2120 g/mol. The first kappa shape index (κ1) is 124. The number of hydrazine groups is 1. The number of nitrogens with zero attached hydrogens (tertiary/aromatic N) is 3. The lowest BCUT2D eigenvalue weighted by Crippen LogP contribution is -2.64. The molecule has 7 aliphatic rings. The Morgan fingerprint density at radius 3 is 1.47 bits per heavy atom. The summed E-state index contributed by atoms with van der Waals surface area (Å²) in [4.78, 5) is 120. The number of carbonyl (C=O) groups excluding carboxylic acids is 9. The highest BCUT2D eigenvalue weighted by atomic mass is 31.1. The van der Waals surface area contributed by atoms with E-state index in [1.54, 1.807) is 9.91 Å². The van der Waals surface area contributed by atoms with Gasteiger partial charge in [-0.25, -0.2) is 10.4 Å². The maximum atomic E-state index is 14.9. The number of benzene rings is 2. The van der Waals surface area contributed by atoms with E-state index >= 15 is 0 Å². The van der Waals surface area contributed by atoms with E-state index in [2.05, 4.69) is 102 Å². The van der Waals surface area contributed by atoms with Crippen LogP contribution < -0.4 is 53.3 Å². The summed E-state index contributed by atoms with van der Waals surface area (Å²) >= 11 is 0. The minimum atomic E-state index is -1.49. The summed E-state index contributed by atoms with van der Waals surface area (Å²) < 4.78 is 77.4. The van der Waals surface area contributed by atoms with Crippen molar-refractivity contribution in [2.45, 2.75) is 304 Å². The fourth-order valence-electron chi connectivity index (χ4n) is 18.2. The van der Waals surface area contributed by atoms with Crippen LogP contribution in [-0.2, 0) is 111 Å². The van der Waals surface area contributed by atoms with Crippen molar-refractivity contribution >= 4 is 91.2 Å². The van der Waals surface area contributed by atoms with Crippen molar-refractivity contribution in [3.05, 3.63) is 65.2 Å². The van der Waals surface area contributed by atoms with E-state index in [1.807, 2.05) is 46.4 Å². The van der Waals surface area contributed by atoms with Gasteiger partial charge in [0.25, 0.3) is 0 Å². The summed E-state index contributed by atoms with van der Waals surface area (Å²) in [5.41, 5.74) is 4.41. The van der Waals surface area contributed by atoms with Gasteiger partial charge in [0, 0.05) is 162 Å². The Morgan fingerprint density at radius 1 is 0.544 bits per heavy atom. The number of para-hydroxylation sites is 1. The Morgan fingerprint density at radius 2 is 1.00 bits per heavy atom. The van der Waals surface area contributed by atoms with E-state index in [0.29, 0.717) is 128 Å². The topological polar surface area (TPSA) is 588 Å². The zero-order valence-electron chi connectivity index (χ0n) is 87.3. The SMILES string of the molecule is CN/C1=C(\N(N)CCOCCOCC(=O)N2CCC(C(=O)NC(COCCC(=O)NCCCCCCOC3OC(CO)C(O)C(O)C3NC(C)=O)(COCCC(=O)NCCCCCCOC3OC(CO)C(O)C(O)C3NC(C)=O)COCCC(=O)NCCCCCCOC3OC(CO)C(O)C(O)C3NC(C)=O)CC2)c2ccccc2CN(CCCCCCCO[P+](OC#CCC2CC2C#CC2[B]C2C=O)=C(C)C)c2ccccc21. The number of ether oxygens (including phenoxy) is 11. The maximum Gasteiger partial charge on any atom is 0.489 e. The lowest BCUT2D eigenvalue weighted by Gasteiger charge is -2.42. The van der Waals surface area contributed by atoms with Crippen molar-refractivity contribution in [2.75, 3.05) is 170 Å². The van der Waals surface area contributed by atoms with Crippen LogP contribution in [0.2, 0.25) is 11.6 Å². The second-order valence-electron chi connectivity index (χ2n) is 39.2. The largest absolute Gasteiger partial charge is 0.489 e. The van der Waals surface area contributed by atoms with Gasteiger partial charge < -0.3 is 160 Å². The summed E-state index contributed by atoms with van der Waals surface area (Å²) in [5.74, 6) is 14.0. The lowest BCUT2D eigenvalue weighted by atomic mass is 9.93. The first-order valence-electron chi connectivity index (χ1n) is 52.9. The number of likely N-dealkylation sites (tertiary alicyclic amines) is 1. The number of hydrogen-bond donors (Lipinski definition) is 18. The van der Waals surface area contributed by atoms with Gasteiger partial charge in [-0.05, 0) is 99.8 Å². The molecule has 8 amide bonds. The number of rotatable bonds is 69. The Labute approximate surface area is 876 Å². The van der Waals surface area contributed by atoms with Crippen LogP contribution in [0.25, 0.3) is 11.4 Å². The van der Waals surface area contributed by atoms with E-state index in [1.165, 1.54) is 20.8 Å². The van der Waals surface area contributed by atoms with Crippen molar-refractivity contribution in [3.8, 4) is 23.9 Å². The molecule has 149 heavy (non-hydrogen) atoms. The zero-order valence-corrected chi connectivity index (χ0v) is 88.2. The van der Waals surface area contributed by atoms with Crippen LogP contribution in [0.1, 0.15) is 205 Å². The van der Waals surface area contributed by atoms with Gasteiger partial charge in [0.15, 0.2) is 30.3 Å². The molecule has 20 atom stereocenters. The van der Waals surface area contributed by atoms with Gasteiger partial charge in [-0.1, -0.05) is 106 Å². The molecule has 2 aromatic carbocycles. The molecule has 0 bridgehead atoms. The van der Waals surface area contributed by atoms with Gasteiger partial charge in [0.1, 0.15) is 105 Å². The third kappa shape index (κ3) is 42.6. The minimum absolute atomic E-state index is 0.00348. The third-order valence-corrected chi connectivity index (χ3v) is 28.3. The van der Waals surface area contributed by atoms with Gasteiger partial charge in [0.2, 0.25) is 47.3 Å². The molecule has 9 rings (SSSR count). The standard InChI is InChI=1S/C104H163BN12O31P/c1-69(2)149(145-52-28-30-74-59-75(74)34-35-79-80(61-118)105-79)144-51-27-12-7-11-23-44-116-60-76-29-16-17-31-77(76)93(89(107-6)78-32-18-19-33-81(78)116)117(106)47-56-136-57-58-137-65-88(128)115-45-36-73(37-46-115)100(135)114-104(66-138-53-38-85(125)108-41-20-8-13-24-48-141-101-90(111-70(3)122)97(132)94(129)82(62-119)146-101,67-139-54-39-86(126)109-42-21-9-14-25-49-142-102-91(112-71(4)123)98(133)95(130)83(63-120)147-102)68-140-55-40-87(127)110-43-22-10-15-26-50-143-103-92(113-72(5)124)99(134)96(131)84(64-121)148-103/h16-19,29,31-33,61,73-75,79-80,82-84,90-92,94-99,101-103,107,119-121,129-134H,7-15,20-27,30,36-51,53-60,62-68,106H2,1-6H3,(H6-,108,109,110,111,112,113,114,122,123,124,125,126,127,135)/p+1/b93-89-. The van der Waals surface area contributed by atoms with Crippen molar-refractivity contribution in [2.24, 2.45) is 23.6 Å². The Hall–Kier alpha value is -8.72. The molecule has 1 radical (unpaired) electrons. The average Bonchev–Trinajstić information content (AvgIpc) is 1.01. The first-order chi connectivity index (χ1) is 72.0. The fraction of sp³-hybridized carbons (Fsp3) is 0.731. The van der Waals surface area contributed by atoms with Gasteiger partial charge in [-0.15, -0.1) is 16.4 Å². The Balaban J connectivity index is 0.749. The number of nitrogens with two attached hydrogens (primary N) is 1. The molecule has 6 fully saturated rings. The number of aldehydes is 1. The van der Waals surface area contributed by atoms with Gasteiger partial charge in [-0.2, -0.15) is 0 Å². The van der Waals surface area contributed by atoms with E-state index < -0.39 is 155 Å². The number of aliphatic hydroxyl groups is 9. The van der Waals surface area contributed by atoms with Gasteiger partial charge in [-0.3, -0.25) is 38.4 Å². The molecule has 1 aliphatic carbocycles. The number of carbonyl (C=O) groups is 9. The number of hydrogen-bond acceptors (Lipinski definition) is 35. The number of nitrogens with one attached hydrogen (secondary N) is 8. The monoisotopic (exact) mass is 2120 g/mol. The summed E-state index contributed by atoms with van der Waals surface area (Å²) in [6.07, 6.45) is 2.95. The van der Waals surface area contributed by atoms with Crippen molar-refractivity contribution in [1.29, 1.82) is 0 Å². The van der Waals surface area contributed by atoms with Crippen LogP contribution in [0.5, 0.6) is 0 Å². The molecule has 19 N–H and O–H groups in total. The number of piperidine rings is 1. The van der Waals surface area contributed by atoms with Crippen LogP contribution in [0, 0.1) is 41.6 Å². The first-order valence-corrected chi connectivity index (χ1v) is 54.1. The van der Waals surface area contributed by atoms with E-state index in [9.17, 15) is 89.1 Å². The molecule has 0 spiro atoms. The number of unbranched alkanes of at least 4 members (excludes halogenated alkanes) is 13. The van der Waals surface area contributed by atoms with E-state index in [4.69, 9.17) is 67.0 Å². The second-order valence-corrected chi connectivity index (χ2v) is 41.0. The highest BCUT2D eigenvalue weighted by Crippen LogP contribution is 2.44. The molecular weight excluding hydrogens is 1950 g/mol. The molecule has 833 valence electrons. The van der Waals surface area contributed by atoms with Crippen molar-refractivity contribution in [3.63, 3.8) is 0 Å². The van der Waals surface area contributed by atoms with E-state index in [0.717, 1.165) is 96.8 Å². The fourth-order valence-corrected chi connectivity index (χ4v) is 19.1. The highest BCUT2D eigenvalue weighted by molar-refractivity contribution is 7.49. The van der Waals surface area contributed by atoms with Gasteiger partial charge >= 0.3 is 8.00 Å². The molecular formula is C104H164BN12O31P+. The molecule has 1 saturated carbocycles. The zero-order chi connectivity index (χ0) is 107. The molecule has 2 aromatic rings. The summed E-state index contributed by atoms with van der Waals surface area (Å²) in [7, 11) is 2.65. The summed E-state index contributed by atoms with van der Waals surface area (Å²) in [5, 5.41) is 118. The molecule has 0 aromatic heterocycles. The van der Waals surface area contributed by atoms with Crippen LogP contribution in [0.15, 0.2) is 48.5 Å². The van der Waals surface area contributed by atoms with Crippen LogP contribution in [0.3, 0.4) is 0 Å². The molecule has 5 saturated heterocycles. The van der Waals surface area contributed by atoms with Crippen molar-refractivity contribution in [1.82, 2.24) is 52.4 Å². The smallest absolute Gasteiger partial charge is 0.394 e. The molecule has 6 heterocycles. The quantitative estimate of drug-likeness (QED) is 0.00848. The lowest BCUT2D eigenvalue weighted by molar-refractivity contribution is -0.270. The third-order valence-electron chi connectivity index (χ3n) is 26.9. The minimum Gasteiger partial charge on any atom is -0.394 e. The molecule has 45 heteroatoms. The summed E-state index contributed by atoms with van der Waals surface area (Å²) in [6, 6.07) is 13.4. The predicted molar refractivity (Wildman–Crippen MR) is 552 cm³/mol. The number of amides is 8. The Bertz CT molecular complexity index is 4410. The summed E-state index contributed by atoms with van der Waals surface area (Å²) in [6.45, 7) is 9.49. The second kappa shape index (κ2) is 67.7. The van der Waals surface area contributed by atoms with E-state index in [-0.39, 0.29) is 166 Å². The predicted octanol–water partition coefficient (Wildman–Crippen LogP) is 1.48. The van der Waals surface area contributed by atoms with Crippen LogP contribution >= 0.6 is 8.00 Å². The van der Waals surface area contributed by atoms with Gasteiger partial charge in [0.05, 0.1) is 97.2 Å². The number of fused-ring (bicyclic) bond motifs is 2. The maximum absolute atomic E-state index is 14.9. The number of aliphatic hydroxyl groups excluding tert-OH is 9. The van der Waals surface area contributed by atoms with Crippen molar-refractivity contribution < 1.29 is 150 Å². The van der Waals surface area contributed by atoms with Crippen LogP contribution in [0.4, 0.5) is 5.69 Å². The highest BCUT2D eigenvalue weighted by Gasteiger charge is 2.49. The number of anilines is 1. The molecule has 6 aliphatic heterocycles. The normalized spacial score (nSPS) is 25.4. The molecule has 43 nitrogen and oxygen atoms in total. The Kier molecular flexibility index (Phi) is 56.3.